The average molecular weight is 205 g/mol. The number of rotatable bonds is 3. The molecule has 76 valence electrons. The van der Waals surface area contributed by atoms with Gasteiger partial charge in [0.05, 0.1) is 6.04 Å². The number of nitrogens with zero attached hydrogens (tertiary/aromatic N) is 1. The number of hydrazine groups is 1. The van der Waals surface area contributed by atoms with Gasteiger partial charge < -0.3 is 5.43 Å². The first-order valence-corrected chi connectivity index (χ1v) is 6.13. The molecule has 3 N–H and O–H groups in total. The normalized spacial score (nSPS) is 21.3. The molecular weight excluding hydrogens is 190 g/mol. The molecule has 1 aliphatic carbocycles. The van der Waals surface area contributed by atoms with Gasteiger partial charge in [-0.3, -0.25) is 4.99 Å². The van der Waals surface area contributed by atoms with E-state index in [1.54, 1.807) is 6.92 Å². The van der Waals surface area contributed by atoms with Crippen LogP contribution in [-0.4, -0.2) is 31.8 Å². The van der Waals surface area contributed by atoms with Crippen molar-refractivity contribution in [1.29, 1.82) is 0 Å². The Labute approximate surface area is 78.3 Å². The van der Waals surface area contributed by atoms with Gasteiger partial charge in [0, 0.05) is 6.26 Å². The Bertz CT molecular complexity index is 306. The molecular formula is C7H15N3O2S. The van der Waals surface area contributed by atoms with Crippen LogP contribution in [0, 0.1) is 0 Å². The van der Waals surface area contributed by atoms with Crippen LogP contribution >= 0.6 is 0 Å². The summed E-state index contributed by atoms with van der Waals surface area (Å²) in [6, 6.07) is 0.273. The highest BCUT2D eigenvalue weighted by atomic mass is 32.2. The van der Waals surface area contributed by atoms with Gasteiger partial charge in [0.2, 0.25) is 0 Å². The van der Waals surface area contributed by atoms with Crippen LogP contribution in [0.2, 0.25) is 0 Å². The number of nitrogens with one attached hydrogen (secondary N) is 1. The van der Waals surface area contributed by atoms with Crippen LogP contribution in [0.3, 0.4) is 0 Å². The van der Waals surface area contributed by atoms with Crippen molar-refractivity contribution in [3.8, 4) is 0 Å². The average Bonchev–Trinajstić information content (AvgIpc) is 2.80. The Morgan fingerprint density at radius 1 is 1.62 bits per heavy atom. The van der Waals surface area contributed by atoms with Gasteiger partial charge in [-0.1, -0.05) is 0 Å². The largest absolute Gasteiger partial charge is 0.311 e. The molecule has 0 aromatic carbocycles. The molecule has 6 heteroatoms. The van der Waals surface area contributed by atoms with Crippen LogP contribution in [0.15, 0.2) is 4.99 Å². The summed E-state index contributed by atoms with van der Waals surface area (Å²) in [7, 11) is -3.11. The van der Waals surface area contributed by atoms with Crippen LogP contribution in [0.25, 0.3) is 0 Å². The van der Waals surface area contributed by atoms with E-state index in [1.807, 2.05) is 0 Å². The van der Waals surface area contributed by atoms with Crippen LogP contribution in [-0.2, 0) is 9.84 Å². The van der Waals surface area contributed by atoms with Crippen molar-refractivity contribution < 1.29 is 8.42 Å². The zero-order valence-corrected chi connectivity index (χ0v) is 8.63. The number of sulfone groups is 1. The third-order valence-electron chi connectivity index (χ3n) is 2.04. The van der Waals surface area contributed by atoms with E-state index in [4.69, 9.17) is 5.84 Å². The van der Waals surface area contributed by atoms with Crippen molar-refractivity contribution >= 4 is 15.7 Å². The van der Waals surface area contributed by atoms with Crippen LogP contribution < -0.4 is 11.3 Å². The maximum Gasteiger partial charge on any atom is 0.157 e. The van der Waals surface area contributed by atoms with Gasteiger partial charge in [-0.05, 0) is 19.8 Å². The van der Waals surface area contributed by atoms with E-state index in [1.165, 1.54) is 6.26 Å². The summed E-state index contributed by atoms with van der Waals surface area (Å²) in [5.74, 6) is 5.57. The number of hydrogen-bond acceptors (Lipinski definition) is 4. The summed E-state index contributed by atoms with van der Waals surface area (Å²) >= 11 is 0. The van der Waals surface area contributed by atoms with Crippen LogP contribution in [0.1, 0.15) is 19.8 Å². The second-order valence-electron chi connectivity index (χ2n) is 3.36. The number of hydrogen-bond donors (Lipinski definition) is 2. The Morgan fingerprint density at radius 2 is 2.15 bits per heavy atom. The van der Waals surface area contributed by atoms with Gasteiger partial charge in [-0.15, -0.1) is 0 Å². The fraction of sp³-hybridized carbons (Fsp3) is 0.857. The lowest BCUT2D eigenvalue weighted by molar-refractivity contribution is 0.598. The minimum Gasteiger partial charge on any atom is -0.311 e. The van der Waals surface area contributed by atoms with E-state index >= 15 is 0 Å². The molecule has 0 saturated heterocycles. The first-order chi connectivity index (χ1) is 5.95. The second kappa shape index (κ2) is 3.63. The summed E-state index contributed by atoms with van der Waals surface area (Å²) in [6.45, 7) is 1.58. The van der Waals surface area contributed by atoms with Gasteiger partial charge in [-0.2, -0.15) is 0 Å². The van der Waals surface area contributed by atoms with Crippen molar-refractivity contribution in [2.75, 3.05) is 6.26 Å². The van der Waals surface area contributed by atoms with Crippen molar-refractivity contribution in [1.82, 2.24) is 5.43 Å². The van der Waals surface area contributed by atoms with Crippen molar-refractivity contribution in [2.45, 2.75) is 31.1 Å². The second-order valence-corrected chi connectivity index (χ2v) is 5.73. The lowest BCUT2D eigenvalue weighted by Crippen LogP contribution is -2.41. The van der Waals surface area contributed by atoms with E-state index < -0.39 is 15.1 Å². The summed E-state index contributed by atoms with van der Waals surface area (Å²) in [4.78, 5) is 4.17. The molecule has 1 aliphatic rings. The molecule has 13 heavy (non-hydrogen) atoms. The first kappa shape index (κ1) is 10.5. The van der Waals surface area contributed by atoms with E-state index in [0.29, 0.717) is 5.84 Å². The smallest absolute Gasteiger partial charge is 0.157 e. The van der Waals surface area contributed by atoms with E-state index in [2.05, 4.69) is 10.4 Å². The lowest BCUT2D eigenvalue weighted by atomic mass is 10.4. The maximum absolute atomic E-state index is 11.2. The summed E-state index contributed by atoms with van der Waals surface area (Å²) in [5, 5.41) is -0.641. The van der Waals surface area contributed by atoms with Gasteiger partial charge in [0.15, 0.2) is 9.84 Å². The zero-order chi connectivity index (χ0) is 10.1. The molecule has 1 unspecified atom stereocenters. The Hall–Kier alpha value is -0.620. The zero-order valence-electron chi connectivity index (χ0n) is 7.82. The van der Waals surface area contributed by atoms with Gasteiger partial charge >= 0.3 is 0 Å². The minimum absolute atomic E-state index is 0.273. The number of nitrogens with two attached hydrogens (primary N) is 1. The van der Waals surface area contributed by atoms with Crippen LogP contribution in [0.4, 0.5) is 0 Å². The van der Waals surface area contributed by atoms with E-state index in [9.17, 15) is 8.42 Å². The maximum atomic E-state index is 11.2. The molecule has 1 fully saturated rings. The fourth-order valence-electron chi connectivity index (χ4n) is 0.863. The van der Waals surface area contributed by atoms with Crippen molar-refractivity contribution in [3.63, 3.8) is 0 Å². The Morgan fingerprint density at radius 3 is 2.46 bits per heavy atom. The van der Waals surface area contributed by atoms with Gasteiger partial charge in [0.25, 0.3) is 0 Å². The number of aliphatic imine (C=N–C) groups is 1. The summed E-state index contributed by atoms with van der Waals surface area (Å²) < 4.78 is 22.3. The van der Waals surface area contributed by atoms with Gasteiger partial charge in [-0.25, -0.2) is 14.3 Å². The summed E-state index contributed by atoms with van der Waals surface area (Å²) in [6.07, 6.45) is 3.24. The third kappa shape index (κ3) is 2.96. The van der Waals surface area contributed by atoms with Crippen molar-refractivity contribution in [3.05, 3.63) is 0 Å². The predicted molar refractivity (Wildman–Crippen MR) is 52.1 cm³/mol. The standard InChI is InChI=1S/C7H15N3O2S/c1-5(13(2,11)12)7(10-8)9-6-3-4-6/h5-6H,3-4,8H2,1-2H3,(H,9,10). The summed E-state index contributed by atoms with van der Waals surface area (Å²) in [5.41, 5.74) is 2.35. The highest BCUT2D eigenvalue weighted by Gasteiger charge is 2.26. The highest BCUT2D eigenvalue weighted by molar-refractivity contribution is 7.92. The predicted octanol–water partition coefficient (Wildman–Crippen LogP) is -0.556. The minimum atomic E-state index is -3.11. The topological polar surface area (TPSA) is 84.5 Å². The first-order valence-electron chi connectivity index (χ1n) is 4.18. The van der Waals surface area contributed by atoms with Gasteiger partial charge in [0.1, 0.15) is 11.1 Å². The highest BCUT2D eigenvalue weighted by Crippen LogP contribution is 2.23. The molecule has 0 spiro atoms. The lowest BCUT2D eigenvalue weighted by Gasteiger charge is -2.11. The third-order valence-corrected chi connectivity index (χ3v) is 3.55. The molecule has 0 aromatic rings. The Kier molecular flexibility index (Phi) is 2.92. The molecule has 5 nitrogen and oxygen atoms in total. The molecule has 1 rings (SSSR count). The van der Waals surface area contributed by atoms with Crippen molar-refractivity contribution in [2.24, 2.45) is 10.8 Å². The SMILES string of the molecule is CC(C(=NC1CC1)NN)S(C)(=O)=O. The van der Waals surface area contributed by atoms with E-state index in [0.717, 1.165) is 12.8 Å². The molecule has 0 bridgehead atoms. The Balaban J connectivity index is 2.76. The molecule has 0 heterocycles. The quantitative estimate of drug-likeness (QED) is 0.280. The molecule has 0 aromatic heterocycles. The molecule has 0 radical (unpaired) electrons. The molecule has 0 amide bonds. The molecule has 1 saturated carbocycles. The molecule has 1 atom stereocenters. The monoisotopic (exact) mass is 205 g/mol. The fourth-order valence-corrected chi connectivity index (χ4v) is 1.40. The van der Waals surface area contributed by atoms with E-state index in [-0.39, 0.29) is 6.04 Å². The van der Waals surface area contributed by atoms with Crippen LogP contribution in [0.5, 0.6) is 0 Å². The molecule has 0 aliphatic heterocycles. The number of amidine groups is 1.